The molecule has 0 aliphatic carbocycles. The number of halogens is 4. The van der Waals surface area contributed by atoms with Gasteiger partial charge in [-0.05, 0) is 49.6 Å². The van der Waals surface area contributed by atoms with Crippen molar-refractivity contribution in [2.75, 3.05) is 0 Å². The molecule has 0 amide bonds. The Morgan fingerprint density at radius 2 is 1.76 bits per heavy atom. The van der Waals surface area contributed by atoms with Gasteiger partial charge >= 0.3 is 12.1 Å². The van der Waals surface area contributed by atoms with Crippen LogP contribution in [0.25, 0.3) is 0 Å². The summed E-state index contributed by atoms with van der Waals surface area (Å²) < 4.78 is 50.5. The van der Waals surface area contributed by atoms with E-state index in [0.29, 0.717) is 17.9 Å². The van der Waals surface area contributed by atoms with Gasteiger partial charge in [0.15, 0.2) is 5.90 Å². The molecule has 0 saturated heterocycles. The molecule has 0 radical (unpaired) electrons. The van der Waals surface area contributed by atoms with Crippen LogP contribution in [0.1, 0.15) is 31.4 Å². The Hall–Kier alpha value is -3.53. The van der Waals surface area contributed by atoms with E-state index in [1.165, 1.54) is 23.7 Å². The van der Waals surface area contributed by atoms with Crippen LogP contribution in [-0.4, -0.2) is 21.4 Å². The Bertz CT molecular complexity index is 1360. The molecule has 1 unspecified atom stereocenters. The van der Waals surface area contributed by atoms with Gasteiger partial charge in [0.1, 0.15) is 17.3 Å². The van der Waals surface area contributed by atoms with Crippen LogP contribution >= 0.6 is 11.6 Å². The van der Waals surface area contributed by atoms with Crippen molar-refractivity contribution in [2.24, 2.45) is 18.0 Å². The van der Waals surface area contributed by atoms with Gasteiger partial charge in [0.05, 0.1) is 5.56 Å². The van der Waals surface area contributed by atoms with Crippen LogP contribution in [-0.2, 0) is 20.0 Å². The first-order valence-corrected chi connectivity index (χ1v) is 11.9. The van der Waals surface area contributed by atoms with Crippen LogP contribution in [0.2, 0.25) is 5.02 Å². The van der Waals surface area contributed by atoms with Gasteiger partial charge in [-0.25, -0.2) is 4.79 Å². The minimum atomic E-state index is -4.87. The van der Waals surface area contributed by atoms with E-state index < -0.39 is 29.3 Å². The number of hydrogen-bond acceptors (Lipinski definition) is 5. The Labute approximate surface area is 216 Å². The molecule has 1 atom stereocenters. The smallest absolute Gasteiger partial charge is 0.442 e. The fourth-order valence-electron chi connectivity index (χ4n) is 3.74. The van der Waals surface area contributed by atoms with Crippen molar-refractivity contribution >= 4 is 23.3 Å². The van der Waals surface area contributed by atoms with Crippen LogP contribution in [0.5, 0.6) is 11.5 Å². The molecule has 1 heterocycles. The zero-order valence-corrected chi connectivity index (χ0v) is 21.6. The average Bonchev–Trinajstić information content (AvgIpc) is 2.83. The maximum Gasteiger partial charge on any atom is 0.573 e. The Kier molecular flexibility index (Phi) is 8.85. The van der Waals surface area contributed by atoms with Gasteiger partial charge in [0.2, 0.25) is 0 Å². The molecular formula is C26H27ClF3N3O4. The van der Waals surface area contributed by atoms with Crippen molar-refractivity contribution in [1.29, 1.82) is 0 Å². The third-order valence-corrected chi connectivity index (χ3v) is 5.79. The molecule has 11 heteroatoms. The predicted octanol–water partition coefficient (Wildman–Crippen LogP) is 5.81. The fraction of sp³-hybridized carbons (Fsp3) is 0.346. The van der Waals surface area contributed by atoms with Gasteiger partial charge in [-0.15, -0.1) is 13.2 Å². The number of alkyl halides is 3. The van der Waals surface area contributed by atoms with Crippen LogP contribution in [0, 0.1) is 12.8 Å². The Morgan fingerprint density at radius 3 is 2.38 bits per heavy atom. The van der Waals surface area contributed by atoms with Crippen LogP contribution in [0.15, 0.2) is 63.1 Å². The number of aromatic nitrogens is 2. The monoisotopic (exact) mass is 537 g/mol. The fourth-order valence-corrected chi connectivity index (χ4v) is 3.87. The second kappa shape index (κ2) is 11.7. The molecule has 3 rings (SSSR count). The van der Waals surface area contributed by atoms with Gasteiger partial charge in [0.25, 0.3) is 5.56 Å². The first-order valence-electron chi connectivity index (χ1n) is 11.6. The minimum absolute atomic E-state index is 0.0467. The summed E-state index contributed by atoms with van der Waals surface area (Å²) in [6.07, 6.45) is -3.83. The van der Waals surface area contributed by atoms with Crippen molar-refractivity contribution in [3.05, 3.63) is 85.5 Å². The lowest BCUT2D eigenvalue weighted by atomic mass is 10.0. The first-order chi connectivity index (χ1) is 17.4. The van der Waals surface area contributed by atoms with Gasteiger partial charge in [-0.3, -0.25) is 13.9 Å². The lowest BCUT2D eigenvalue weighted by molar-refractivity contribution is -0.274. The highest BCUT2D eigenvalue weighted by atomic mass is 35.5. The second-order valence-electron chi connectivity index (χ2n) is 8.55. The topological polar surface area (TPSA) is 74.8 Å². The molecule has 0 bridgehead atoms. The summed E-state index contributed by atoms with van der Waals surface area (Å²) in [5.41, 5.74) is 0.159. The number of hydrogen-bond donors (Lipinski definition) is 0. The van der Waals surface area contributed by atoms with Gasteiger partial charge in [-0.2, -0.15) is 4.99 Å². The molecule has 0 fully saturated rings. The van der Waals surface area contributed by atoms with E-state index >= 15 is 0 Å². The summed E-state index contributed by atoms with van der Waals surface area (Å²) in [5.74, 6) is -0.611. The summed E-state index contributed by atoms with van der Waals surface area (Å²) in [4.78, 5) is 30.3. The van der Waals surface area contributed by atoms with Crippen molar-refractivity contribution < 1.29 is 22.6 Å². The van der Waals surface area contributed by atoms with Crippen molar-refractivity contribution in [1.82, 2.24) is 9.13 Å². The van der Waals surface area contributed by atoms with E-state index in [4.69, 9.17) is 16.3 Å². The van der Waals surface area contributed by atoms with Gasteiger partial charge in [-0.1, -0.05) is 43.6 Å². The third kappa shape index (κ3) is 7.25. The van der Waals surface area contributed by atoms with E-state index in [2.05, 4.69) is 9.73 Å². The van der Waals surface area contributed by atoms with Crippen molar-refractivity contribution in [3.63, 3.8) is 0 Å². The highest BCUT2D eigenvalue weighted by molar-refractivity contribution is 6.30. The molecule has 0 aliphatic heterocycles. The molecule has 0 N–H and O–H groups in total. The maximum absolute atomic E-state index is 12.9. The average molecular weight is 538 g/mol. The lowest BCUT2D eigenvalue weighted by Crippen LogP contribution is -2.40. The molecule has 1 aromatic heterocycles. The maximum atomic E-state index is 12.9. The molecule has 198 valence electrons. The van der Waals surface area contributed by atoms with Crippen LogP contribution < -0.4 is 20.7 Å². The normalized spacial score (nSPS) is 12.9. The predicted molar refractivity (Wildman–Crippen MR) is 136 cm³/mol. The Balaban J connectivity index is 2.08. The molecule has 37 heavy (non-hydrogen) atoms. The zero-order valence-electron chi connectivity index (χ0n) is 20.8. The van der Waals surface area contributed by atoms with Gasteiger partial charge in [0, 0.05) is 30.6 Å². The standard InChI is InChI=1S/C26H27ClF3N3O4/c1-5-13-33-24(34)17(3)22(32(4)25(33)35)31-23(16(2)14-18-9-11-19(27)12-10-18)36-20-7-6-8-21(15-20)37-26(28,29)30/h6-12,15-16H,5,13-14H2,1-4H3/b31-23+. The number of nitrogens with zero attached hydrogens (tertiary/aromatic N) is 3. The molecule has 7 nitrogen and oxygen atoms in total. The Morgan fingerprint density at radius 1 is 1.11 bits per heavy atom. The van der Waals surface area contributed by atoms with Gasteiger partial charge < -0.3 is 9.47 Å². The lowest BCUT2D eigenvalue weighted by Gasteiger charge is -2.18. The molecule has 0 spiro atoms. The molecule has 0 aliphatic rings. The first kappa shape index (κ1) is 28.0. The highest BCUT2D eigenvalue weighted by Gasteiger charge is 2.31. The van der Waals surface area contributed by atoms with Crippen molar-refractivity contribution in [3.8, 4) is 11.5 Å². The van der Waals surface area contributed by atoms with E-state index in [0.717, 1.165) is 22.3 Å². The number of aliphatic imine (C=N–C) groups is 1. The highest BCUT2D eigenvalue weighted by Crippen LogP contribution is 2.28. The molecule has 2 aromatic carbocycles. The summed E-state index contributed by atoms with van der Waals surface area (Å²) in [6, 6.07) is 12.2. The summed E-state index contributed by atoms with van der Waals surface area (Å²) in [7, 11) is 1.50. The van der Waals surface area contributed by atoms with E-state index in [-0.39, 0.29) is 29.6 Å². The van der Waals surface area contributed by atoms with Crippen molar-refractivity contribution in [2.45, 2.75) is 46.5 Å². The van der Waals surface area contributed by atoms with E-state index in [9.17, 15) is 22.8 Å². The largest absolute Gasteiger partial charge is 0.573 e. The van der Waals surface area contributed by atoms with E-state index in [1.807, 2.05) is 26.0 Å². The molecular weight excluding hydrogens is 511 g/mol. The molecule has 3 aromatic rings. The summed E-state index contributed by atoms with van der Waals surface area (Å²) >= 11 is 5.98. The second-order valence-corrected chi connectivity index (χ2v) is 8.99. The zero-order chi connectivity index (χ0) is 27.3. The number of benzene rings is 2. The van der Waals surface area contributed by atoms with Crippen LogP contribution in [0.4, 0.5) is 19.0 Å². The third-order valence-electron chi connectivity index (χ3n) is 5.54. The molecule has 0 saturated carbocycles. The number of rotatable bonds is 8. The quantitative estimate of drug-likeness (QED) is 0.269. The van der Waals surface area contributed by atoms with Crippen LogP contribution in [0.3, 0.4) is 0 Å². The number of ether oxygens (including phenoxy) is 2. The summed E-state index contributed by atoms with van der Waals surface area (Å²) in [5, 5.41) is 0.571. The summed E-state index contributed by atoms with van der Waals surface area (Å²) in [6.45, 7) is 5.49. The SMILES string of the molecule is CCCn1c(=O)c(C)c(/N=C(/Oc2cccc(OC(F)(F)F)c2)C(C)Cc2ccc(Cl)cc2)n(C)c1=O. The van der Waals surface area contributed by atoms with E-state index in [1.54, 1.807) is 19.1 Å². The minimum Gasteiger partial charge on any atom is -0.442 e.